The molecule has 0 saturated carbocycles. The topological polar surface area (TPSA) is 70.1 Å². The zero-order valence-corrected chi connectivity index (χ0v) is 11.0. The maximum absolute atomic E-state index is 12.1. The summed E-state index contributed by atoms with van der Waals surface area (Å²) in [5, 5.41) is 8.81. The minimum Gasteiger partial charge on any atom is -0.457 e. The highest BCUT2D eigenvalue weighted by molar-refractivity contribution is 9.10. The lowest BCUT2D eigenvalue weighted by Gasteiger charge is -2.15. The lowest BCUT2D eigenvalue weighted by molar-refractivity contribution is 0.0990. The van der Waals surface area contributed by atoms with Crippen molar-refractivity contribution in [2.75, 3.05) is 11.9 Å². The van der Waals surface area contributed by atoms with Gasteiger partial charge in [-0.2, -0.15) is 5.26 Å². The van der Waals surface area contributed by atoms with Crippen LogP contribution in [0.15, 0.2) is 39.7 Å². The second-order valence-corrected chi connectivity index (χ2v) is 4.21. The Kier molecular flexibility index (Phi) is 3.44. The molecule has 0 aliphatic heterocycles. The molecule has 0 aromatic carbocycles. The third kappa shape index (κ3) is 2.26. The molecule has 2 rings (SSSR count). The van der Waals surface area contributed by atoms with Gasteiger partial charge in [0.25, 0.3) is 5.91 Å². The van der Waals surface area contributed by atoms with E-state index in [1.165, 1.54) is 17.4 Å². The Morgan fingerprint density at radius 1 is 1.56 bits per heavy atom. The number of furan rings is 1. The van der Waals surface area contributed by atoms with Crippen molar-refractivity contribution in [2.24, 2.45) is 0 Å². The highest BCUT2D eigenvalue weighted by atomic mass is 79.9. The molecule has 18 heavy (non-hydrogen) atoms. The van der Waals surface area contributed by atoms with E-state index >= 15 is 0 Å². The highest BCUT2D eigenvalue weighted by Gasteiger charge is 2.19. The van der Waals surface area contributed by atoms with Gasteiger partial charge in [-0.1, -0.05) is 0 Å². The minimum atomic E-state index is -0.266. The highest BCUT2D eigenvalue weighted by Crippen LogP contribution is 2.21. The number of hydrogen-bond donors (Lipinski definition) is 0. The van der Waals surface area contributed by atoms with Crippen LogP contribution in [0, 0.1) is 11.3 Å². The quantitative estimate of drug-likeness (QED) is 0.855. The largest absolute Gasteiger partial charge is 0.457 e. The zero-order valence-electron chi connectivity index (χ0n) is 9.42. The van der Waals surface area contributed by atoms with Gasteiger partial charge in [0.1, 0.15) is 5.82 Å². The van der Waals surface area contributed by atoms with Crippen molar-refractivity contribution in [2.45, 2.75) is 0 Å². The molecule has 0 aliphatic rings. The molecule has 5 nitrogen and oxygen atoms in total. The summed E-state index contributed by atoms with van der Waals surface area (Å²) in [6.45, 7) is 0. The molecular weight excluding hydrogens is 298 g/mol. The summed E-state index contributed by atoms with van der Waals surface area (Å²) >= 11 is 3.15. The molecule has 0 radical (unpaired) electrons. The number of nitrogens with zero attached hydrogens (tertiary/aromatic N) is 3. The van der Waals surface area contributed by atoms with Crippen molar-refractivity contribution >= 4 is 27.7 Å². The van der Waals surface area contributed by atoms with Crippen LogP contribution in [0.25, 0.3) is 0 Å². The van der Waals surface area contributed by atoms with E-state index in [4.69, 9.17) is 9.68 Å². The predicted octanol–water partition coefficient (Wildman–Crippen LogP) is 2.59. The average molecular weight is 306 g/mol. The van der Waals surface area contributed by atoms with Crippen LogP contribution < -0.4 is 4.90 Å². The summed E-state index contributed by atoms with van der Waals surface area (Å²) in [7, 11) is 1.59. The molecule has 0 aliphatic carbocycles. The number of pyridine rings is 1. The Labute approximate surface area is 112 Å². The van der Waals surface area contributed by atoms with E-state index in [9.17, 15) is 4.79 Å². The van der Waals surface area contributed by atoms with Crippen molar-refractivity contribution in [1.29, 1.82) is 5.26 Å². The van der Waals surface area contributed by atoms with Crippen molar-refractivity contribution in [3.05, 3.63) is 46.5 Å². The van der Waals surface area contributed by atoms with Crippen molar-refractivity contribution in [3.63, 3.8) is 0 Å². The smallest absolute Gasteiger partial charge is 0.263 e. The first-order valence-corrected chi connectivity index (χ1v) is 5.80. The maximum Gasteiger partial charge on any atom is 0.263 e. The molecule has 6 heteroatoms. The fourth-order valence-corrected chi connectivity index (χ4v) is 1.81. The van der Waals surface area contributed by atoms with Gasteiger partial charge in [0.15, 0.2) is 4.67 Å². The maximum atomic E-state index is 12.1. The Hall–Kier alpha value is -2.13. The number of carbonyl (C=O) groups excluding carboxylic acids is 1. The van der Waals surface area contributed by atoms with Crippen LogP contribution in [0.4, 0.5) is 5.82 Å². The predicted molar refractivity (Wildman–Crippen MR) is 68.1 cm³/mol. The van der Waals surface area contributed by atoms with Crippen LogP contribution >= 0.6 is 15.9 Å². The Morgan fingerprint density at radius 2 is 2.33 bits per heavy atom. The molecule has 0 spiro atoms. The van der Waals surface area contributed by atoms with E-state index in [1.54, 1.807) is 25.2 Å². The van der Waals surface area contributed by atoms with Crippen LogP contribution in [0.3, 0.4) is 0 Å². The molecule has 90 valence electrons. The van der Waals surface area contributed by atoms with E-state index in [1.807, 2.05) is 6.07 Å². The van der Waals surface area contributed by atoms with Gasteiger partial charge < -0.3 is 4.42 Å². The Balaban J connectivity index is 2.32. The molecule has 0 unspecified atom stereocenters. The van der Waals surface area contributed by atoms with Gasteiger partial charge in [-0.25, -0.2) is 4.98 Å². The van der Waals surface area contributed by atoms with E-state index in [2.05, 4.69) is 20.9 Å². The first-order chi connectivity index (χ1) is 8.63. The lowest BCUT2D eigenvalue weighted by atomic mass is 10.2. The van der Waals surface area contributed by atoms with Crippen LogP contribution in [0.2, 0.25) is 0 Å². The Bertz CT molecular complexity index is 630. The summed E-state index contributed by atoms with van der Waals surface area (Å²) in [5.74, 6) is 0.144. The number of hydrogen-bond acceptors (Lipinski definition) is 4. The zero-order chi connectivity index (χ0) is 13.1. The number of anilines is 1. The number of aromatic nitrogens is 1. The number of nitriles is 1. The summed E-state index contributed by atoms with van der Waals surface area (Å²) in [6.07, 6.45) is 2.91. The first-order valence-electron chi connectivity index (χ1n) is 5.00. The lowest BCUT2D eigenvalue weighted by Crippen LogP contribution is -2.27. The first kappa shape index (κ1) is 12.3. The van der Waals surface area contributed by atoms with Gasteiger partial charge in [0, 0.05) is 13.2 Å². The average Bonchev–Trinajstić information content (AvgIpc) is 2.83. The molecule has 1 amide bonds. The summed E-state index contributed by atoms with van der Waals surface area (Å²) in [6, 6.07) is 6.69. The summed E-state index contributed by atoms with van der Waals surface area (Å²) < 4.78 is 5.38. The number of amides is 1. The van der Waals surface area contributed by atoms with Gasteiger partial charge >= 0.3 is 0 Å². The van der Waals surface area contributed by atoms with Crippen LogP contribution in [0.5, 0.6) is 0 Å². The SMILES string of the molecule is CN(C(=O)c1ccoc1Br)c1cc(C#N)ccn1. The molecule has 0 bridgehead atoms. The molecule has 2 aromatic rings. The molecule has 0 atom stereocenters. The summed E-state index contributed by atoms with van der Waals surface area (Å²) in [5.41, 5.74) is 0.854. The number of rotatable bonds is 2. The normalized spacial score (nSPS) is 9.83. The van der Waals surface area contributed by atoms with E-state index in [-0.39, 0.29) is 5.91 Å². The molecule has 2 heterocycles. The van der Waals surface area contributed by atoms with Gasteiger partial charge in [0.2, 0.25) is 0 Å². The fourth-order valence-electron chi connectivity index (χ4n) is 1.40. The molecule has 0 N–H and O–H groups in total. The third-order valence-electron chi connectivity index (χ3n) is 2.37. The van der Waals surface area contributed by atoms with Crippen molar-refractivity contribution in [1.82, 2.24) is 4.98 Å². The van der Waals surface area contributed by atoms with Crippen LogP contribution in [-0.2, 0) is 0 Å². The van der Waals surface area contributed by atoms with Crippen LogP contribution in [-0.4, -0.2) is 17.9 Å². The number of carbonyl (C=O) groups is 1. The second-order valence-electron chi connectivity index (χ2n) is 3.49. The van der Waals surface area contributed by atoms with Crippen molar-refractivity contribution < 1.29 is 9.21 Å². The minimum absolute atomic E-state index is 0.266. The Morgan fingerprint density at radius 3 is 2.94 bits per heavy atom. The van der Waals surface area contributed by atoms with Gasteiger partial charge in [-0.05, 0) is 34.1 Å². The van der Waals surface area contributed by atoms with Crippen LogP contribution in [0.1, 0.15) is 15.9 Å². The standard InChI is InChI=1S/C12H8BrN3O2/c1-16(10-6-8(7-14)2-4-15-10)12(17)9-3-5-18-11(9)13/h2-6H,1H3. The fraction of sp³-hybridized carbons (Fsp3) is 0.0833. The molecule has 0 fully saturated rings. The van der Waals surface area contributed by atoms with Crippen molar-refractivity contribution in [3.8, 4) is 6.07 Å². The molecule has 2 aromatic heterocycles. The second kappa shape index (κ2) is 5.02. The summed E-state index contributed by atoms with van der Waals surface area (Å²) in [4.78, 5) is 17.6. The van der Waals surface area contributed by atoms with Gasteiger partial charge in [-0.15, -0.1) is 0 Å². The van der Waals surface area contributed by atoms with E-state index in [0.29, 0.717) is 21.6 Å². The molecule has 0 saturated heterocycles. The van der Waals surface area contributed by atoms with E-state index < -0.39 is 0 Å². The van der Waals surface area contributed by atoms with Gasteiger partial charge in [0.05, 0.1) is 23.5 Å². The number of halogens is 1. The third-order valence-corrected chi connectivity index (χ3v) is 2.99. The molecular formula is C12H8BrN3O2. The van der Waals surface area contributed by atoms with E-state index in [0.717, 1.165) is 0 Å². The monoisotopic (exact) mass is 305 g/mol. The van der Waals surface area contributed by atoms with Gasteiger partial charge in [-0.3, -0.25) is 9.69 Å².